The molecule has 0 heterocycles. The fraction of sp³-hybridized carbons (Fsp3) is 0.696. The molecule has 0 radical (unpaired) electrons. The smallest absolute Gasteiger partial charge is 0.251 e. The molecule has 1 aliphatic rings. The predicted molar refractivity (Wildman–Crippen MR) is 120 cm³/mol. The Morgan fingerprint density at radius 3 is 2.07 bits per heavy atom. The fourth-order valence-corrected chi connectivity index (χ4v) is 4.51. The van der Waals surface area contributed by atoms with Crippen molar-refractivity contribution in [3.63, 3.8) is 0 Å². The van der Waals surface area contributed by atoms with Crippen LogP contribution in [0.5, 0.6) is 0 Å². The lowest BCUT2D eigenvalue weighted by molar-refractivity contribution is 0.0941. The third-order valence-corrected chi connectivity index (χ3v) is 8.08. The van der Waals surface area contributed by atoms with Gasteiger partial charge < -0.3 is 5.32 Å². The topological polar surface area (TPSA) is 75.3 Å². The molecule has 0 unspecified atom stereocenters. The summed E-state index contributed by atoms with van der Waals surface area (Å²) < 4.78 is 26.4. The Morgan fingerprint density at radius 2 is 1.55 bits per heavy atom. The number of carbonyl (C=O) groups is 1. The van der Waals surface area contributed by atoms with Crippen molar-refractivity contribution >= 4 is 15.9 Å². The Balaban J connectivity index is 1.71. The Hall–Kier alpha value is -1.40. The Kier molecular flexibility index (Phi) is 8.71. The largest absolute Gasteiger partial charge is 0.352 e. The number of hydrogen-bond acceptors (Lipinski definition) is 3. The lowest BCUT2D eigenvalue weighted by atomic mass is 9.82. The van der Waals surface area contributed by atoms with E-state index in [2.05, 4.69) is 29.1 Å². The number of hydrogen-bond donors (Lipinski definition) is 2. The summed E-state index contributed by atoms with van der Waals surface area (Å²) in [6.07, 6.45) is 7.46. The molecular formula is C23H38N2O3S. The maximum Gasteiger partial charge on any atom is 0.251 e. The highest BCUT2D eigenvalue weighted by Gasteiger charge is 2.30. The van der Waals surface area contributed by atoms with Gasteiger partial charge in [0.2, 0.25) is 10.0 Å². The summed E-state index contributed by atoms with van der Waals surface area (Å²) in [6, 6.07) is 7.93. The van der Waals surface area contributed by atoms with E-state index in [0.717, 1.165) is 37.7 Å². The zero-order valence-corrected chi connectivity index (χ0v) is 19.3. The number of carbonyl (C=O) groups excluding carboxylic acids is 1. The molecule has 0 aromatic heterocycles. The molecule has 29 heavy (non-hydrogen) atoms. The molecule has 0 aliphatic heterocycles. The average Bonchev–Trinajstić information content (AvgIpc) is 2.69. The van der Waals surface area contributed by atoms with Crippen LogP contribution < -0.4 is 10.0 Å². The van der Waals surface area contributed by atoms with Gasteiger partial charge in [0.1, 0.15) is 0 Å². The second-order valence-corrected chi connectivity index (χ2v) is 11.9. The molecule has 1 amide bonds. The van der Waals surface area contributed by atoms with Gasteiger partial charge in [0.15, 0.2) is 0 Å². The van der Waals surface area contributed by atoms with Gasteiger partial charge in [-0.15, -0.1) is 0 Å². The van der Waals surface area contributed by atoms with Gasteiger partial charge in [-0.2, -0.15) is 0 Å². The minimum Gasteiger partial charge on any atom is -0.352 e. The van der Waals surface area contributed by atoms with Gasteiger partial charge in [0.05, 0.1) is 4.75 Å². The first-order valence-corrected chi connectivity index (χ1v) is 12.5. The summed E-state index contributed by atoms with van der Waals surface area (Å²) in [4.78, 5) is 12.4. The van der Waals surface area contributed by atoms with E-state index in [1.807, 2.05) is 12.1 Å². The first kappa shape index (κ1) is 23.9. The normalized spacial score (nSPS) is 20.4. The molecule has 0 saturated heterocycles. The number of rotatable bonds is 9. The third kappa shape index (κ3) is 7.41. The summed E-state index contributed by atoms with van der Waals surface area (Å²) in [5, 5.41) is 3.07. The monoisotopic (exact) mass is 422 g/mol. The van der Waals surface area contributed by atoms with Crippen molar-refractivity contribution in [3.05, 3.63) is 35.4 Å². The molecular weight excluding hydrogens is 384 g/mol. The van der Waals surface area contributed by atoms with E-state index in [4.69, 9.17) is 0 Å². The van der Waals surface area contributed by atoms with Crippen LogP contribution in [0.1, 0.15) is 82.1 Å². The molecule has 1 aromatic carbocycles. The van der Waals surface area contributed by atoms with Gasteiger partial charge in [-0.25, -0.2) is 13.1 Å². The quantitative estimate of drug-likeness (QED) is 0.623. The number of aryl methyl sites for hydroxylation is 1. The highest BCUT2D eigenvalue weighted by atomic mass is 32.2. The minimum absolute atomic E-state index is 0.00731. The standard InChI is InChI=1S/C23H38N2O3S/c1-5-6-7-18-12-14-21(15-13-18)22(26)24-16-19-8-10-20(11-9-19)17-25-29(27,28)23(2,3)4/h12-15,19-20,25H,5-11,16-17H2,1-4H3,(H,24,26)/t19-,20-. The maximum atomic E-state index is 12.4. The number of unbranched alkanes of at least 4 members (excludes halogenated alkanes) is 1. The SMILES string of the molecule is CCCCc1ccc(C(=O)NC[C@H]2CC[C@H](CNS(=O)(=O)C(C)(C)C)CC2)cc1. The number of amides is 1. The second-order valence-electron chi connectivity index (χ2n) is 9.36. The van der Waals surface area contributed by atoms with E-state index in [1.54, 1.807) is 20.8 Å². The fourth-order valence-electron chi connectivity index (χ4n) is 3.63. The summed E-state index contributed by atoms with van der Waals surface area (Å²) in [6.45, 7) is 8.54. The molecule has 1 aromatic rings. The Labute approximate surface area is 177 Å². The number of nitrogens with one attached hydrogen (secondary N) is 2. The summed E-state index contributed by atoms with van der Waals surface area (Å²) >= 11 is 0. The average molecular weight is 423 g/mol. The van der Waals surface area contributed by atoms with Crippen LogP contribution in [0.2, 0.25) is 0 Å². The number of sulfonamides is 1. The van der Waals surface area contributed by atoms with Crippen LogP contribution in [0.25, 0.3) is 0 Å². The van der Waals surface area contributed by atoms with Crippen molar-refractivity contribution in [2.45, 2.75) is 77.4 Å². The molecule has 5 nitrogen and oxygen atoms in total. The van der Waals surface area contributed by atoms with Crippen molar-refractivity contribution < 1.29 is 13.2 Å². The van der Waals surface area contributed by atoms with Crippen molar-refractivity contribution in [2.75, 3.05) is 13.1 Å². The van der Waals surface area contributed by atoms with E-state index < -0.39 is 14.8 Å². The highest BCUT2D eigenvalue weighted by Crippen LogP contribution is 2.28. The summed E-state index contributed by atoms with van der Waals surface area (Å²) in [5.41, 5.74) is 2.00. The van der Waals surface area contributed by atoms with Gasteiger partial charge in [-0.1, -0.05) is 25.5 Å². The number of benzene rings is 1. The van der Waals surface area contributed by atoms with Crippen LogP contribution in [-0.2, 0) is 16.4 Å². The molecule has 1 aliphatic carbocycles. The van der Waals surface area contributed by atoms with Gasteiger partial charge in [0, 0.05) is 18.7 Å². The summed E-state index contributed by atoms with van der Waals surface area (Å²) in [5.74, 6) is 0.847. The summed E-state index contributed by atoms with van der Waals surface area (Å²) in [7, 11) is -3.28. The lowest BCUT2D eigenvalue weighted by Gasteiger charge is -2.29. The molecule has 0 atom stereocenters. The van der Waals surface area contributed by atoms with Crippen LogP contribution in [0.3, 0.4) is 0 Å². The van der Waals surface area contributed by atoms with Gasteiger partial charge >= 0.3 is 0 Å². The van der Waals surface area contributed by atoms with Crippen LogP contribution >= 0.6 is 0 Å². The van der Waals surface area contributed by atoms with Crippen LogP contribution in [0.4, 0.5) is 0 Å². The zero-order valence-electron chi connectivity index (χ0n) is 18.5. The molecule has 1 fully saturated rings. The minimum atomic E-state index is -3.28. The maximum absolute atomic E-state index is 12.4. The third-order valence-electron chi connectivity index (χ3n) is 5.92. The predicted octanol–water partition coefficient (Wildman–Crippen LogP) is 4.28. The van der Waals surface area contributed by atoms with E-state index in [0.29, 0.717) is 24.9 Å². The molecule has 164 valence electrons. The van der Waals surface area contributed by atoms with Crippen LogP contribution in [-0.4, -0.2) is 32.2 Å². The molecule has 6 heteroatoms. The van der Waals surface area contributed by atoms with Crippen LogP contribution in [0, 0.1) is 11.8 Å². The lowest BCUT2D eigenvalue weighted by Crippen LogP contribution is -2.42. The van der Waals surface area contributed by atoms with E-state index in [-0.39, 0.29) is 5.91 Å². The first-order chi connectivity index (χ1) is 13.6. The molecule has 2 N–H and O–H groups in total. The van der Waals surface area contributed by atoms with E-state index in [1.165, 1.54) is 18.4 Å². The second kappa shape index (κ2) is 10.6. The van der Waals surface area contributed by atoms with Crippen LogP contribution in [0.15, 0.2) is 24.3 Å². The first-order valence-electron chi connectivity index (χ1n) is 11.0. The van der Waals surface area contributed by atoms with E-state index in [9.17, 15) is 13.2 Å². The van der Waals surface area contributed by atoms with Crippen molar-refractivity contribution in [1.29, 1.82) is 0 Å². The Morgan fingerprint density at radius 1 is 1.00 bits per heavy atom. The Bertz CT molecular complexity index is 743. The van der Waals surface area contributed by atoms with Crippen molar-refractivity contribution in [2.24, 2.45) is 11.8 Å². The van der Waals surface area contributed by atoms with E-state index >= 15 is 0 Å². The van der Waals surface area contributed by atoms with Gasteiger partial charge in [-0.05, 0) is 88.8 Å². The highest BCUT2D eigenvalue weighted by molar-refractivity contribution is 7.90. The van der Waals surface area contributed by atoms with Gasteiger partial charge in [0.25, 0.3) is 5.91 Å². The van der Waals surface area contributed by atoms with Crippen molar-refractivity contribution in [3.8, 4) is 0 Å². The molecule has 2 rings (SSSR count). The molecule has 0 bridgehead atoms. The zero-order chi connectivity index (χ0) is 21.5. The van der Waals surface area contributed by atoms with Gasteiger partial charge in [-0.3, -0.25) is 4.79 Å². The molecule has 0 spiro atoms. The van der Waals surface area contributed by atoms with Crippen molar-refractivity contribution in [1.82, 2.24) is 10.0 Å². The molecule has 1 saturated carbocycles.